The third-order valence-corrected chi connectivity index (χ3v) is 3.52. The molecule has 0 amide bonds. The van der Waals surface area contributed by atoms with Gasteiger partial charge >= 0.3 is 6.18 Å². The summed E-state index contributed by atoms with van der Waals surface area (Å²) in [6.45, 7) is -0.0693. The van der Waals surface area contributed by atoms with Crippen molar-refractivity contribution in [2.24, 2.45) is 0 Å². The van der Waals surface area contributed by atoms with Crippen LogP contribution in [0.3, 0.4) is 0 Å². The van der Waals surface area contributed by atoms with Crippen LogP contribution >= 0.6 is 0 Å². The average molecular weight is 283 g/mol. The Morgan fingerprint density at radius 2 is 2.10 bits per heavy atom. The Bertz CT molecular complexity index is 704. The molecule has 0 unspecified atom stereocenters. The Morgan fingerprint density at radius 3 is 2.75 bits per heavy atom. The molecule has 20 heavy (non-hydrogen) atoms. The van der Waals surface area contributed by atoms with Gasteiger partial charge in [0.25, 0.3) is 5.56 Å². The number of hydrogen-bond donors (Lipinski definition) is 1. The van der Waals surface area contributed by atoms with Gasteiger partial charge in [-0.25, -0.2) is 4.98 Å². The molecule has 1 aliphatic carbocycles. The second-order valence-electron chi connectivity index (χ2n) is 4.95. The normalized spacial score (nSPS) is 17.4. The summed E-state index contributed by atoms with van der Waals surface area (Å²) in [4.78, 5) is 16.0. The van der Waals surface area contributed by atoms with Crippen molar-refractivity contribution in [3.8, 4) is 0 Å². The molecule has 3 rings (SSSR count). The van der Waals surface area contributed by atoms with Crippen LogP contribution in [0.5, 0.6) is 0 Å². The third kappa shape index (κ3) is 2.18. The largest absolute Gasteiger partial charge is 0.406 e. The number of nitrogens with one attached hydrogen (secondary N) is 1. The van der Waals surface area contributed by atoms with Gasteiger partial charge in [0.15, 0.2) is 0 Å². The zero-order valence-corrected chi connectivity index (χ0v) is 10.4. The molecule has 2 aromatic rings. The van der Waals surface area contributed by atoms with Crippen LogP contribution in [0.2, 0.25) is 0 Å². The summed E-state index contributed by atoms with van der Waals surface area (Å²) in [6, 6.07) is 6.31. The molecule has 106 valence electrons. The van der Waals surface area contributed by atoms with Crippen molar-refractivity contribution < 1.29 is 13.2 Å². The molecule has 0 bridgehead atoms. The third-order valence-electron chi connectivity index (χ3n) is 3.52. The highest BCUT2D eigenvalue weighted by atomic mass is 19.4. The number of halogens is 3. The molecule has 2 heterocycles. The minimum absolute atomic E-state index is 0.0693. The van der Waals surface area contributed by atoms with Crippen LogP contribution in [-0.2, 0) is 6.54 Å². The fraction of sp³-hybridized carbons (Fsp3) is 0.385. The summed E-state index contributed by atoms with van der Waals surface area (Å²) in [5.41, 5.74) is -1.36. The predicted molar refractivity (Wildman–Crippen MR) is 66.3 cm³/mol. The molecule has 0 aliphatic heterocycles. The van der Waals surface area contributed by atoms with Crippen molar-refractivity contribution >= 4 is 5.65 Å². The van der Waals surface area contributed by atoms with E-state index < -0.39 is 11.7 Å². The van der Waals surface area contributed by atoms with Crippen LogP contribution in [-0.4, -0.2) is 21.1 Å². The summed E-state index contributed by atoms with van der Waals surface area (Å²) >= 11 is 0. The maximum atomic E-state index is 12.8. The van der Waals surface area contributed by atoms with Crippen LogP contribution in [0.1, 0.15) is 18.5 Å². The molecular weight excluding hydrogens is 271 g/mol. The second-order valence-corrected chi connectivity index (χ2v) is 4.95. The lowest BCUT2D eigenvalue weighted by Crippen LogP contribution is -2.44. The molecule has 2 aromatic heterocycles. The number of nitrogens with zero attached hydrogens (tertiary/aromatic N) is 2. The van der Waals surface area contributed by atoms with E-state index in [2.05, 4.69) is 10.3 Å². The van der Waals surface area contributed by atoms with Crippen LogP contribution in [0.15, 0.2) is 35.3 Å². The fourth-order valence-electron chi connectivity index (χ4n) is 2.14. The Labute approximate surface area is 112 Å². The van der Waals surface area contributed by atoms with E-state index in [4.69, 9.17) is 0 Å². The van der Waals surface area contributed by atoms with Gasteiger partial charge in [0.05, 0.1) is 5.69 Å². The van der Waals surface area contributed by atoms with Crippen LogP contribution in [0.25, 0.3) is 5.65 Å². The molecule has 1 N–H and O–H groups in total. The van der Waals surface area contributed by atoms with Gasteiger partial charge in [-0.05, 0) is 25.0 Å². The minimum Gasteiger partial charge on any atom is -0.298 e. The molecule has 7 heteroatoms. The smallest absolute Gasteiger partial charge is 0.298 e. The van der Waals surface area contributed by atoms with Gasteiger partial charge in [-0.3, -0.25) is 14.5 Å². The molecule has 0 saturated heterocycles. The number of rotatable bonds is 3. The van der Waals surface area contributed by atoms with E-state index in [0.717, 1.165) is 0 Å². The van der Waals surface area contributed by atoms with Crippen molar-refractivity contribution in [2.45, 2.75) is 31.1 Å². The topological polar surface area (TPSA) is 46.4 Å². The van der Waals surface area contributed by atoms with Crippen LogP contribution < -0.4 is 10.9 Å². The first-order chi connectivity index (χ1) is 9.41. The first-order valence-corrected chi connectivity index (χ1v) is 6.20. The first-order valence-electron chi connectivity index (χ1n) is 6.20. The van der Waals surface area contributed by atoms with E-state index in [1.807, 2.05) is 0 Å². The number of aromatic nitrogens is 2. The maximum Gasteiger partial charge on any atom is 0.406 e. The molecule has 0 spiro atoms. The van der Waals surface area contributed by atoms with E-state index in [-0.39, 0.29) is 24.9 Å². The molecule has 1 saturated carbocycles. The van der Waals surface area contributed by atoms with Gasteiger partial charge in [-0.1, -0.05) is 6.07 Å². The maximum absolute atomic E-state index is 12.8. The number of alkyl halides is 3. The highest BCUT2D eigenvalue weighted by molar-refractivity contribution is 5.38. The minimum atomic E-state index is -4.26. The molecule has 1 fully saturated rings. The van der Waals surface area contributed by atoms with Crippen LogP contribution in [0, 0.1) is 0 Å². The SMILES string of the molecule is O=c1cc(CNC2(C(F)(F)F)CC2)nc2ccccn12. The zero-order chi connectivity index (χ0) is 14.4. The quantitative estimate of drug-likeness (QED) is 0.935. The van der Waals surface area contributed by atoms with E-state index in [1.165, 1.54) is 10.5 Å². The van der Waals surface area contributed by atoms with Crippen molar-refractivity contribution in [3.63, 3.8) is 0 Å². The van der Waals surface area contributed by atoms with E-state index in [1.54, 1.807) is 24.4 Å². The van der Waals surface area contributed by atoms with Gasteiger partial charge in [0.1, 0.15) is 11.2 Å². The first kappa shape index (κ1) is 13.1. The van der Waals surface area contributed by atoms with Crippen molar-refractivity contribution in [3.05, 3.63) is 46.5 Å². The van der Waals surface area contributed by atoms with Crippen molar-refractivity contribution in [2.75, 3.05) is 0 Å². The molecule has 0 aromatic carbocycles. The van der Waals surface area contributed by atoms with E-state index in [9.17, 15) is 18.0 Å². The summed E-state index contributed by atoms with van der Waals surface area (Å²) in [6.07, 6.45) is -2.55. The molecular formula is C13H12F3N3O. The zero-order valence-electron chi connectivity index (χ0n) is 10.4. The summed E-state index contributed by atoms with van der Waals surface area (Å²) in [7, 11) is 0. The monoisotopic (exact) mass is 283 g/mol. The standard InChI is InChI=1S/C13H12F3N3O/c14-13(15,16)12(4-5-12)17-8-9-7-11(20)19-6-2-1-3-10(19)18-9/h1-3,6-7,17H,4-5,8H2. The summed E-state index contributed by atoms with van der Waals surface area (Å²) in [5, 5.41) is 2.48. The summed E-state index contributed by atoms with van der Waals surface area (Å²) in [5.74, 6) is 0. The Hall–Kier alpha value is -1.89. The highest BCUT2D eigenvalue weighted by Crippen LogP contribution is 2.48. The number of hydrogen-bond acceptors (Lipinski definition) is 3. The Kier molecular flexibility index (Phi) is 2.82. The second kappa shape index (κ2) is 4.31. The Morgan fingerprint density at radius 1 is 1.35 bits per heavy atom. The van der Waals surface area contributed by atoms with Crippen molar-refractivity contribution in [1.82, 2.24) is 14.7 Å². The van der Waals surface area contributed by atoms with Gasteiger partial charge < -0.3 is 0 Å². The Balaban J connectivity index is 1.84. The molecule has 0 atom stereocenters. The number of fused-ring (bicyclic) bond motifs is 1. The molecule has 0 radical (unpaired) electrons. The number of pyridine rings is 1. The molecule has 1 aliphatic rings. The lowest BCUT2D eigenvalue weighted by atomic mass is 10.2. The predicted octanol–water partition coefficient (Wildman–Crippen LogP) is 1.88. The fourth-order valence-corrected chi connectivity index (χ4v) is 2.14. The average Bonchev–Trinajstić information content (AvgIpc) is 3.17. The van der Waals surface area contributed by atoms with Gasteiger partial charge in [0, 0.05) is 18.8 Å². The highest BCUT2D eigenvalue weighted by Gasteiger charge is 2.62. The lowest BCUT2D eigenvalue weighted by molar-refractivity contribution is -0.166. The van der Waals surface area contributed by atoms with Crippen LogP contribution in [0.4, 0.5) is 13.2 Å². The van der Waals surface area contributed by atoms with Gasteiger partial charge in [0.2, 0.25) is 0 Å². The molecule has 4 nitrogen and oxygen atoms in total. The van der Waals surface area contributed by atoms with Gasteiger partial charge in [-0.2, -0.15) is 13.2 Å². The lowest BCUT2D eigenvalue weighted by Gasteiger charge is -2.20. The van der Waals surface area contributed by atoms with E-state index >= 15 is 0 Å². The van der Waals surface area contributed by atoms with Crippen molar-refractivity contribution in [1.29, 1.82) is 0 Å². The van der Waals surface area contributed by atoms with Gasteiger partial charge in [-0.15, -0.1) is 0 Å². The van der Waals surface area contributed by atoms with E-state index in [0.29, 0.717) is 11.3 Å². The summed E-state index contributed by atoms with van der Waals surface area (Å²) < 4.78 is 39.7.